The summed E-state index contributed by atoms with van der Waals surface area (Å²) in [6.07, 6.45) is 0. The molecule has 2 heterocycles. The summed E-state index contributed by atoms with van der Waals surface area (Å²) in [4.78, 5) is 20.7. The second kappa shape index (κ2) is 8.06. The lowest BCUT2D eigenvalue weighted by atomic mass is 10.1. The maximum atomic E-state index is 12.2. The van der Waals surface area contributed by atoms with E-state index in [1.807, 2.05) is 12.1 Å². The maximum absolute atomic E-state index is 12.2. The lowest BCUT2D eigenvalue weighted by Gasteiger charge is -2.09. The molecular weight excluding hydrogens is 415 g/mol. The van der Waals surface area contributed by atoms with Crippen molar-refractivity contribution in [1.82, 2.24) is 15.1 Å². The van der Waals surface area contributed by atoms with Gasteiger partial charge < -0.3 is 14.6 Å². The van der Waals surface area contributed by atoms with E-state index in [2.05, 4.69) is 20.4 Å². The molecule has 29 heavy (non-hydrogen) atoms. The van der Waals surface area contributed by atoms with E-state index in [-0.39, 0.29) is 18.1 Å². The molecule has 9 heteroatoms. The van der Waals surface area contributed by atoms with Crippen LogP contribution in [0.5, 0.6) is 0 Å². The number of halogens is 2. The van der Waals surface area contributed by atoms with Crippen LogP contribution in [-0.2, 0) is 4.74 Å². The first kappa shape index (κ1) is 19.2. The Hall–Kier alpha value is -3.16. The van der Waals surface area contributed by atoms with Crippen LogP contribution in [0.25, 0.3) is 22.4 Å². The molecule has 0 amide bonds. The van der Waals surface area contributed by atoms with E-state index < -0.39 is 5.97 Å². The van der Waals surface area contributed by atoms with E-state index in [1.54, 1.807) is 43.3 Å². The fourth-order valence-corrected chi connectivity index (χ4v) is 2.96. The quantitative estimate of drug-likeness (QED) is 0.418. The second-order valence-corrected chi connectivity index (χ2v) is 6.84. The van der Waals surface area contributed by atoms with E-state index >= 15 is 0 Å². The normalized spacial score (nSPS) is 10.9. The van der Waals surface area contributed by atoms with Gasteiger partial charge in [-0.3, -0.25) is 0 Å². The van der Waals surface area contributed by atoms with Crippen molar-refractivity contribution in [3.63, 3.8) is 0 Å². The number of carbonyl (C=O) groups is 1. The number of carbonyl (C=O) groups excluding carboxylic acids is 1. The number of aromatic nitrogens is 3. The largest absolute Gasteiger partial charge is 0.460 e. The first-order valence-corrected chi connectivity index (χ1v) is 9.44. The fraction of sp³-hybridized carbons (Fsp3) is 0.100. The van der Waals surface area contributed by atoms with Crippen LogP contribution in [0, 0.1) is 0 Å². The van der Waals surface area contributed by atoms with Crippen molar-refractivity contribution in [3.05, 3.63) is 64.4 Å². The van der Waals surface area contributed by atoms with Crippen LogP contribution in [0.15, 0.2) is 53.1 Å². The zero-order valence-electron chi connectivity index (χ0n) is 15.1. The Labute approximate surface area is 175 Å². The average Bonchev–Trinajstić information content (AvgIpc) is 3.15. The Kier molecular flexibility index (Phi) is 5.33. The Bertz CT molecular complexity index is 1180. The zero-order chi connectivity index (χ0) is 20.4. The van der Waals surface area contributed by atoms with Gasteiger partial charge >= 0.3 is 5.97 Å². The molecule has 0 saturated carbocycles. The summed E-state index contributed by atoms with van der Waals surface area (Å²) in [5, 5.41) is 9.02. The first-order valence-electron chi connectivity index (χ1n) is 8.68. The lowest BCUT2D eigenvalue weighted by Crippen LogP contribution is -2.11. The molecule has 1 N–H and O–H groups in total. The highest BCUT2D eigenvalue weighted by Crippen LogP contribution is 2.34. The van der Waals surface area contributed by atoms with E-state index in [1.165, 1.54) is 0 Å². The summed E-state index contributed by atoms with van der Waals surface area (Å²) < 4.78 is 10.4. The monoisotopic (exact) mass is 428 g/mol. The minimum atomic E-state index is -0.655. The molecule has 0 aliphatic carbocycles. The highest BCUT2D eigenvalue weighted by Gasteiger charge is 2.22. The van der Waals surface area contributed by atoms with Crippen molar-refractivity contribution in [2.75, 3.05) is 11.9 Å². The molecule has 0 bridgehead atoms. The molecule has 7 nitrogen and oxygen atoms in total. The van der Waals surface area contributed by atoms with Gasteiger partial charge in [0.1, 0.15) is 16.9 Å². The summed E-state index contributed by atoms with van der Waals surface area (Å²) in [7, 11) is 0. The number of rotatable bonds is 5. The third-order valence-corrected chi connectivity index (χ3v) is 4.52. The molecule has 2 aromatic heterocycles. The topological polar surface area (TPSA) is 90.1 Å². The first-order chi connectivity index (χ1) is 14.0. The van der Waals surface area contributed by atoms with Crippen molar-refractivity contribution in [1.29, 1.82) is 0 Å². The number of hydrogen-bond acceptors (Lipinski definition) is 7. The molecule has 0 aliphatic rings. The maximum Gasteiger partial charge on any atom is 0.376 e. The number of benzene rings is 2. The molecule has 0 spiro atoms. The van der Waals surface area contributed by atoms with Crippen molar-refractivity contribution in [2.45, 2.75) is 6.92 Å². The summed E-state index contributed by atoms with van der Waals surface area (Å²) in [5.74, 6) is -0.431. The molecular formula is C20H14Cl2N4O3. The average molecular weight is 429 g/mol. The number of nitrogens with zero attached hydrogens (tertiary/aromatic N) is 3. The number of esters is 1. The summed E-state index contributed by atoms with van der Waals surface area (Å²) in [6.45, 7) is 1.91. The van der Waals surface area contributed by atoms with Crippen LogP contribution in [-0.4, -0.2) is 27.7 Å². The molecule has 146 valence electrons. The van der Waals surface area contributed by atoms with Crippen LogP contribution < -0.4 is 5.32 Å². The lowest BCUT2D eigenvalue weighted by molar-refractivity contribution is 0.0512. The second-order valence-electron chi connectivity index (χ2n) is 5.97. The number of hydrogen-bond donors (Lipinski definition) is 1. The zero-order valence-corrected chi connectivity index (χ0v) is 16.7. The van der Waals surface area contributed by atoms with Gasteiger partial charge in [0.2, 0.25) is 5.82 Å². The molecule has 2 aromatic carbocycles. The fourth-order valence-electron chi connectivity index (χ4n) is 2.71. The van der Waals surface area contributed by atoms with Gasteiger partial charge in [0, 0.05) is 21.3 Å². The molecule has 4 rings (SSSR count). The number of fused-ring (bicyclic) bond motifs is 1. The van der Waals surface area contributed by atoms with Crippen LogP contribution in [0.1, 0.15) is 17.5 Å². The SMILES string of the molecule is CCOC(=O)c1nc(Nc2ccc(Cl)cc2)c2c(-c3ccc(Cl)cc3)noc2n1. The van der Waals surface area contributed by atoms with Crippen molar-refractivity contribution >= 4 is 51.8 Å². The molecule has 0 atom stereocenters. The third-order valence-electron chi connectivity index (χ3n) is 4.02. The highest BCUT2D eigenvalue weighted by atomic mass is 35.5. The number of nitrogens with one attached hydrogen (secondary N) is 1. The van der Waals surface area contributed by atoms with Crippen LogP contribution in [0.4, 0.5) is 11.5 Å². The smallest absolute Gasteiger partial charge is 0.376 e. The summed E-state index contributed by atoms with van der Waals surface area (Å²) >= 11 is 11.9. The van der Waals surface area contributed by atoms with Gasteiger partial charge in [-0.15, -0.1) is 0 Å². The van der Waals surface area contributed by atoms with Crippen LogP contribution in [0.3, 0.4) is 0 Å². The molecule has 0 saturated heterocycles. The minimum Gasteiger partial charge on any atom is -0.460 e. The highest BCUT2D eigenvalue weighted by molar-refractivity contribution is 6.31. The van der Waals surface area contributed by atoms with Gasteiger partial charge in [-0.25, -0.2) is 9.78 Å². The van der Waals surface area contributed by atoms with Crippen molar-refractivity contribution in [3.8, 4) is 11.3 Å². The van der Waals surface area contributed by atoms with Gasteiger partial charge in [0.05, 0.1) is 6.61 Å². The molecule has 0 fully saturated rings. The minimum absolute atomic E-state index is 0.130. The molecule has 0 unspecified atom stereocenters. The Morgan fingerprint density at radius 1 is 1.03 bits per heavy atom. The van der Waals surface area contributed by atoms with Crippen molar-refractivity contribution in [2.24, 2.45) is 0 Å². The predicted molar refractivity (Wildman–Crippen MR) is 111 cm³/mol. The van der Waals surface area contributed by atoms with E-state index in [9.17, 15) is 4.79 Å². The Balaban J connectivity index is 1.87. The summed E-state index contributed by atoms with van der Waals surface area (Å²) in [5.41, 5.74) is 2.15. The Morgan fingerprint density at radius 2 is 1.69 bits per heavy atom. The number of anilines is 2. The number of ether oxygens (including phenoxy) is 1. The van der Waals surface area contributed by atoms with Crippen molar-refractivity contribution < 1.29 is 14.1 Å². The van der Waals surface area contributed by atoms with Gasteiger partial charge in [0.25, 0.3) is 5.71 Å². The van der Waals surface area contributed by atoms with Gasteiger partial charge in [0.15, 0.2) is 0 Å². The standard InChI is InChI=1S/C20H14Cl2N4O3/c1-2-28-20(27)18-24-17(23-14-9-7-13(22)8-10-14)15-16(26-29-19(15)25-18)11-3-5-12(21)6-4-11/h3-10H,2H2,1H3,(H,23,24,25). The van der Waals surface area contributed by atoms with Gasteiger partial charge in [-0.05, 0) is 43.3 Å². The van der Waals surface area contributed by atoms with E-state index in [0.717, 1.165) is 5.56 Å². The van der Waals surface area contributed by atoms with E-state index in [4.69, 9.17) is 32.5 Å². The summed E-state index contributed by atoms with van der Waals surface area (Å²) in [6, 6.07) is 14.2. The van der Waals surface area contributed by atoms with Crippen LogP contribution in [0.2, 0.25) is 10.0 Å². The Morgan fingerprint density at radius 3 is 2.34 bits per heavy atom. The molecule has 0 aliphatic heterocycles. The molecule has 4 aromatic rings. The van der Waals surface area contributed by atoms with Crippen LogP contribution >= 0.6 is 23.2 Å². The van der Waals surface area contributed by atoms with E-state index in [0.29, 0.717) is 32.6 Å². The van der Waals surface area contributed by atoms with Gasteiger partial charge in [-0.2, -0.15) is 4.98 Å². The third kappa shape index (κ3) is 4.01. The predicted octanol–water partition coefficient (Wildman–Crippen LogP) is 5.51. The molecule has 0 radical (unpaired) electrons. The van der Waals surface area contributed by atoms with Gasteiger partial charge in [-0.1, -0.05) is 40.5 Å².